The number of carbonyl (C=O) groups is 1. The number of fused-ring (bicyclic) bond motifs is 2. The van der Waals surface area contributed by atoms with Crippen molar-refractivity contribution in [3.63, 3.8) is 0 Å². The van der Waals surface area contributed by atoms with Gasteiger partial charge in [-0.05, 0) is 71.8 Å². The first kappa shape index (κ1) is 24.9. The highest BCUT2D eigenvalue weighted by Gasteiger charge is 2.31. The maximum atomic E-state index is 12.6. The normalized spacial score (nSPS) is 11.5. The molecule has 4 rings (SSSR count). The van der Waals surface area contributed by atoms with Gasteiger partial charge >= 0.3 is 5.97 Å². The molecule has 1 heterocycles. The van der Waals surface area contributed by atoms with Crippen LogP contribution in [-0.4, -0.2) is 24.0 Å². The monoisotopic (exact) mass is 694 g/mol. The van der Waals surface area contributed by atoms with E-state index in [2.05, 4.69) is 47.8 Å². The van der Waals surface area contributed by atoms with Crippen molar-refractivity contribution in [1.29, 1.82) is 0 Å². The molecule has 0 amide bonds. The molecule has 0 saturated carbocycles. The molecule has 0 unspecified atom stereocenters. The van der Waals surface area contributed by atoms with Crippen molar-refractivity contribution in [3.05, 3.63) is 62.0 Å². The van der Waals surface area contributed by atoms with Crippen LogP contribution in [0.1, 0.15) is 15.9 Å². The van der Waals surface area contributed by atoms with Gasteiger partial charge in [-0.3, -0.25) is 4.79 Å². The first-order chi connectivity index (χ1) is 15.4. The summed E-state index contributed by atoms with van der Waals surface area (Å²) >= 11 is 29.0. The Morgan fingerprint density at radius 1 is 1.03 bits per heavy atom. The second kappa shape index (κ2) is 8.77. The number of aromatic carboxylic acids is 1. The summed E-state index contributed by atoms with van der Waals surface area (Å²) in [6.45, 7) is 1.63. The Hall–Kier alpha value is -1.23. The third kappa shape index (κ3) is 3.72. The molecule has 0 bridgehead atoms. The Labute approximate surface area is 227 Å². The quantitative estimate of drug-likeness (QED) is 0.137. The Bertz CT molecular complexity index is 1570. The summed E-state index contributed by atoms with van der Waals surface area (Å²) in [4.78, 5) is 25.0. The van der Waals surface area contributed by atoms with Crippen LogP contribution in [-0.2, 0) is 0 Å². The van der Waals surface area contributed by atoms with Crippen LogP contribution < -0.4 is 10.9 Å². The van der Waals surface area contributed by atoms with Crippen LogP contribution in [0.4, 0.5) is 0 Å². The van der Waals surface area contributed by atoms with Gasteiger partial charge in [-0.25, -0.2) is 4.79 Å². The largest absolute Gasteiger partial charge is 0.505 e. The molecular formula is C21H9BBr3Cl3O5. The lowest BCUT2D eigenvalue weighted by Gasteiger charge is -2.22. The molecule has 1 aliphatic carbocycles. The zero-order valence-corrected chi connectivity index (χ0v) is 23.6. The van der Waals surface area contributed by atoms with Crippen LogP contribution in [0.3, 0.4) is 0 Å². The van der Waals surface area contributed by atoms with Crippen LogP contribution in [0.25, 0.3) is 33.4 Å². The van der Waals surface area contributed by atoms with Crippen molar-refractivity contribution in [3.8, 4) is 28.2 Å². The second-order valence-corrected chi connectivity index (χ2v) is 10.8. The maximum absolute atomic E-state index is 12.6. The first-order valence-corrected chi connectivity index (χ1v) is 12.6. The fraction of sp³-hybridized carbons (Fsp3) is 0.0476. The van der Waals surface area contributed by atoms with Gasteiger partial charge in [-0.2, -0.15) is 0 Å². The summed E-state index contributed by atoms with van der Waals surface area (Å²) in [5, 5.41) is 20.8. The summed E-state index contributed by atoms with van der Waals surface area (Å²) in [7, 11) is 1.63. The fourth-order valence-electron chi connectivity index (χ4n) is 3.71. The number of carboxylic acid groups (broad SMARTS) is 1. The van der Waals surface area contributed by atoms with E-state index in [1.165, 1.54) is 0 Å². The topological polar surface area (TPSA) is 87.7 Å². The zero-order valence-electron chi connectivity index (χ0n) is 16.5. The van der Waals surface area contributed by atoms with Crippen LogP contribution in [0.15, 0.2) is 34.8 Å². The molecule has 0 radical (unpaired) electrons. The van der Waals surface area contributed by atoms with E-state index in [1.807, 2.05) is 0 Å². The smallest absolute Gasteiger partial charge is 0.337 e. The van der Waals surface area contributed by atoms with E-state index in [-0.39, 0.29) is 57.7 Å². The predicted octanol–water partition coefficient (Wildman–Crippen LogP) is 6.78. The molecule has 2 aromatic rings. The predicted molar refractivity (Wildman–Crippen MR) is 144 cm³/mol. The van der Waals surface area contributed by atoms with Gasteiger partial charge in [0.15, 0.2) is 16.8 Å². The number of halogens is 6. The lowest BCUT2D eigenvalue weighted by atomic mass is 9.84. The number of carboxylic acids is 1. The number of aromatic hydroxyl groups is 1. The number of rotatable bonds is 2. The van der Waals surface area contributed by atoms with Gasteiger partial charge < -0.3 is 14.6 Å². The SMILES string of the molecule is Bc1cc2c(-c3c(C)c(Cl)c(Cl)c(Cl)c3C(=O)O)c3cc(Br)c(O)c(Br)c3oc-2c(Br)c1=O. The van der Waals surface area contributed by atoms with Crippen molar-refractivity contribution in [2.45, 2.75) is 6.92 Å². The molecule has 33 heavy (non-hydrogen) atoms. The van der Waals surface area contributed by atoms with E-state index in [0.29, 0.717) is 32.0 Å². The van der Waals surface area contributed by atoms with Gasteiger partial charge in [0.2, 0.25) is 0 Å². The Kier molecular flexibility index (Phi) is 6.61. The van der Waals surface area contributed by atoms with E-state index in [4.69, 9.17) is 39.2 Å². The highest BCUT2D eigenvalue weighted by molar-refractivity contribution is 9.11. The lowest BCUT2D eigenvalue weighted by molar-refractivity contribution is 0.0698. The van der Waals surface area contributed by atoms with Crippen molar-refractivity contribution in [1.82, 2.24) is 0 Å². The molecule has 0 aromatic heterocycles. The third-order valence-electron chi connectivity index (χ3n) is 5.28. The number of benzene rings is 3. The van der Waals surface area contributed by atoms with Crippen molar-refractivity contribution >= 4 is 113 Å². The molecular weight excluding hydrogens is 689 g/mol. The number of hydrogen-bond acceptors (Lipinski definition) is 4. The van der Waals surface area contributed by atoms with Crippen LogP contribution in [0, 0.1) is 6.92 Å². The molecule has 168 valence electrons. The van der Waals surface area contributed by atoms with E-state index < -0.39 is 5.97 Å². The zero-order chi connectivity index (χ0) is 24.5. The molecule has 5 nitrogen and oxygen atoms in total. The van der Waals surface area contributed by atoms with Crippen LogP contribution in [0.2, 0.25) is 15.1 Å². The number of phenolic OH excluding ortho intramolecular Hbond substituents is 1. The van der Waals surface area contributed by atoms with Gasteiger partial charge in [-0.1, -0.05) is 40.9 Å². The average Bonchev–Trinajstić information content (AvgIpc) is 2.76. The molecule has 0 saturated heterocycles. The molecule has 2 aliphatic rings. The minimum Gasteiger partial charge on any atom is -0.505 e. The lowest BCUT2D eigenvalue weighted by Crippen LogP contribution is -2.26. The van der Waals surface area contributed by atoms with E-state index in [0.717, 1.165) is 0 Å². The van der Waals surface area contributed by atoms with Crippen molar-refractivity contribution in [2.24, 2.45) is 0 Å². The van der Waals surface area contributed by atoms with Gasteiger partial charge in [0.25, 0.3) is 0 Å². The van der Waals surface area contributed by atoms with Crippen LogP contribution in [0.5, 0.6) is 5.75 Å². The van der Waals surface area contributed by atoms with Gasteiger partial charge in [0.1, 0.15) is 22.5 Å². The first-order valence-electron chi connectivity index (χ1n) is 9.05. The standard InChI is InChI=1S/C21H9BBr3Cl3O5/c1-4-9(11(21(31)32)15(27)16(28)14(4)26)10-5-2-7(22)17(29)12(24)19(5)33-20-6(10)3-8(23)18(30)13(20)25/h2-3,30H,22H2,1H3,(H,31,32). The van der Waals surface area contributed by atoms with E-state index in [9.17, 15) is 19.8 Å². The van der Waals surface area contributed by atoms with Crippen molar-refractivity contribution in [2.75, 3.05) is 0 Å². The fourth-order valence-corrected chi connectivity index (χ4v) is 6.26. The Balaban J connectivity index is 2.43. The minimum atomic E-state index is -1.31. The van der Waals surface area contributed by atoms with E-state index >= 15 is 0 Å². The molecule has 2 N–H and O–H groups in total. The van der Waals surface area contributed by atoms with Gasteiger partial charge in [0.05, 0.1) is 25.1 Å². The molecule has 1 aliphatic heterocycles. The Morgan fingerprint density at radius 2 is 1.67 bits per heavy atom. The highest BCUT2D eigenvalue weighted by Crippen LogP contribution is 2.51. The number of phenols is 1. The minimum absolute atomic E-state index is 0.0783. The summed E-state index contributed by atoms with van der Waals surface area (Å²) < 4.78 is 6.73. The molecule has 12 heteroatoms. The number of hydrogen-bond donors (Lipinski definition) is 2. The Morgan fingerprint density at radius 3 is 2.27 bits per heavy atom. The highest BCUT2D eigenvalue weighted by atomic mass is 79.9. The molecule has 0 spiro atoms. The van der Waals surface area contributed by atoms with Crippen LogP contribution >= 0.6 is 82.6 Å². The maximum Gasteiger partial charge on any atom is 0.337 e. The van der Waals surface area contributed by atoms with Crippen molar-refractivity contribution < 1.29 is 19.4 Å². The molecule has 2 aromatic carbocycles. The third-order valence-corrected chi connectivity index (χ3v) is 8.76. The molecule has 0 fully saturated rings. The summed E-state index contributed by atoms with van der Waals surface area (Å²) in [5.74, 6) is -1.29. The summed E-state index contributed by atoms with van der Waals surface area (Å²) in [6.07, 6.45) is 0. The molecule has 0 atom stereocenters. The summed E-state index contributed by atoms with van der Waals surface area (Å²) in [5.41, 5.74) is 1.46. The van der Waals surface area contributed by atoms with Gasteiger partial charge in [-0.15, -0.1) is 0 Å². The average molecular weight is 698 g/mol. The summed E-state index contributed by atoms with van der Waals surface area (Å²) in [6, 6.07) is 3.19. The van der Waals surface area contributed by atoms with E-state index in [1.54, 1.807) is 26.9 Å². The van der Waals surface area contributed by atoms with Gasteiger partial charge in [0, 0.05) is 22.1 Å². The second-order valence-electron chi connectivity index (χ2n) is 7.21.